The third-order valence-corrected chi connectivity index (χ3v) is 12.0. The highest BCUT2D eigenvalue weighted by Crippen LogP contribution is 2.68. The number of hydrogen-bond donors (Lipinski definition) is 1. The Hall–Kier alpha value is -4.02. The topological polar surface area (TPSA) is 117 Å². The van der Waals surface area contributed by atoms with Crippen molar-refractivity contribution >= 4 is 17.6 Å². The molecule has 9 nitrogen and oxygen atoms in total. The number of esters is 1. The zero-order valence-corrected chi connectivity index (χ0v) is 28.3. The standard InChI is InChI=1S/C39H38ClNO8/c1-37-16-15-29-38(2,21-45-36(48-29)23-8-5-4-6-9-23)28(37)19-30(47-34(43)22-11-13-25(40)14-12-22)39(3)33(37)32(42)31-27(49-39)18-26(46-35(31)44)24-10-7-17-41-20-24/h4-14,17-18,20,28-30,32-33,36,42H,15-16,19,21H2,1-3H3/t28-,29+,30+,32+,33-,36-,37+,38+,39-/m1/s1. The van der Waals surface area contributed by atoms with Crippen LogP contribution in [0.15, 0.2) is 94.4 Å². The van der Waals surface area contributed by atoms with Crippen molar-refractivity contribution < 1.29 is 33.3 Å². The van der Waals surface area contributed by atoms with Crippen LogP contribution >= 0.6 is 11.6 Å². The Morgan fingerprint density at radius 3 is 2.53 bits per heavy atom. The number of benzene rings is 2. The van der Waals surface area contributed by atoms with Gasteiger partial charge in [0.25, 0.3) is 0 Å². The van der Waals surface area contributed by atoms with Crippen LogP contribution in [0.5, 0.6) is 5.75 Å². The van der Waals surface area contributed by atoms with Crippen LogP contribution in [0.1, 0.15) is 73.9 Å². The van der Waals surface area contributed by atoms with Crippen LogP contribution in [0.3, 0.4) is 0 Å². The van der Waals surface area contributed by atoms with Crippen molar-refractivity contribution in [3.05, 3.63) is 117 Å². The Balaban J connectivity index is 1.21. The number of hydrogen-bond acceptors (Lipinski definition) is 9. The lowest BCUT2D eigenvalue weighted by Gasteiger charge is -2.67. The average Bonchev–Trinajstić information content (AvgIpc) is 3.09. The summed E-state index contributed by atoms with van der Waals surface area (Å²) in [5.74, 6) is -0.858. The number of aliphatic hydroxyl groups is 1. The fourth-order valence-corrected chi connectivity index (χ4v) is 9.55. The number of pyridine rings is 1. The van der Waals surface area contributed by atoms with E-state index in [-0.39, 0.29) is 29.1 Å². The molecule has 9 atom stereocenters. The summed E-state index contributed by atoms with van der Waals surface area (Å²) in [7, 11) is 0. The molecule has 0 bridgehead atoms. The SMILES string of the molecule is C[C@@]12CO[C@@H](c3ccccc3)O[C@H]1CC[C@@]1(C)[C@H]2C[C@H](OC(=O)c2ccc(Cl)cc2)[C@@]2(C)Oc3cc(-c4cccnc4)oc(=O)c3[C@H](O)[C@H]12. The van der Waals surface area contributed by atoms with Crippen LogP contribution in [0, 0.1) is 22.7 Å². The molecule has 2 aliphatic carbocycles. The molecule has 2 aliphatic heterocycles. The maximum absolute atomic E-state index is 13.8. The molecule has 8 rings (SSSR count). The Morgan fingerprint density at radius 1 is 1.02 bits per heavy atom. The van der Waals surface area contributed by atoms with Crippen LogP contribution in [-0.2, 0) is 14.2 Å². The number of ether oxygens (including phenoxy) is 4. The maximum Gasteiger partial charge on any atom is 0.345 e. The first kappa shape index (κ1) is 32.2. The number of halogens is 1. The van der Waals surface area contributed by atoms with Gasteiger partial charge in [-0.1, -0.05) is 55.8 Å². The molecule has 1 N–H and O–H groups in total. The fraction of sp³-hybridized carbons (Fsp3) is 0.410. The van der Waals surface area contributed by atoms with Gasteiger partial charge >= 0.3 is 11.6 Å². The van der Waals surface area contributed by atoms with E-state index < -0.39 is 52.4 Å². The van der Waals surface area contributed by atoms with Crippen molar-refractivity contribution in [2.75, 3.05) is 6.61 Å². The van der Waals surface area contributed by atoms with E-state index in [1.165, 1.54) is 0 Å². The van der Waals surface area contributed by atoms with Gasteiger partial charge in [-0.25, -0.2) is 9.59 Å². The zero-order chi connectivity index (χ0) is 34.1. The van der Waals surface area contributed by atoms with Crippen molar-refractivity contribution in [2.24, 2.45) is 22.7 Å². The van der Waals surface area contributed by atoms with Crippen molar-refractivity contribution in [2.45, 2.75) is 70.2 Å². The van der Waals surface area contributed by atoms with Crippen LogP contribution in [0.25, 0.3) is 11.3 Å². The quantitative estimate of drug-likeness (QED) is 0.221. The molecular formula is C39H38ClNO8. The predicted octanol–water partition coefficient (Wildman–Crippen LogP) is 7.32. The zero-order valence-electron chi connectivity index (χ0n) is 27.5. The minimum absolute atomic E-state index is 0.0623. The third-order valence-electron chi connectivity index (χ3n) is 11.8. The second kappa shape index (κ2) is 11.8. The smallest absolute Gasteiger partial charge is 0.345 e. The summed E-state index contributed by atoms with van der Waals surface area (Å²) >= 11 is 6.12. The molecule has 4 heterocycles. The molecule has 4 aliphatic rings. The van der Waals surface area contributed by atoms with Crippen molar-refractivity contribution in [3.63, 3.8) is 0 Å². The highest BCUT2D eigenvalue weighted by Gasteiger charge is 2.71. The van der Waals surface area contributed by atoms with Crippen LogP contribution in [0.2, 0.25) is 5.02 Å². The van der Waals surface area contributed by atoms with E-state index in [0.717, 1.165) is 5.56 Å². The second-order valence-electron chi connectivity index (χ2n) is 14.5. The molecule has 49 heavy (non-hydrogen) atoms. The first-order chi connectivity index (χ1) is 23.5. The van der Waals surface area contributed by atoms with Crippen LogP contribution in [-0.4, -0.2) is 40.5 Å². The monoisotopic (exact) mass is 683 g/mol. The molecular weight excluding hydrogens is 646 g/mol. The third kappa shape index (κ3) is 5.12. The highest BCUT2D eigenvalue weighted by molar-refractivity contribution is 6.30. The summed E-state index contributed by atoms with van der Waals surface area (Å²) in [6.07, 6.45) is 2.33. The number of carbonyl (C=O) groups excluding carboxylic acids is 1. The van der Waals surface area contributed by atoms with Gasteiger partial charge < -0.3 is 28.5 Å². The van der Waals surface area contributed by atoms with Gasteiger partial charge in [0.15, 0.2) is 6.29 Å². The lowest BCUT2D eigenvalue weighted by Crippen LogP contribution is -2.71. The lowest BCUT2D eigenvalue weighted by atomic mass is 9.42. The predicted molar refractivity (Wildman–Crippen MR) is 180 cm³/mol. The number of fused-ring (bicyclic) bond motifs is 6. The molecule has 0 spiro atoms. The Bertz CT molecular complexity index is 1940. The van der Waals surface area contributed by atoms with Gasteiger partial charge in [0.05, 0.1) is 24.4 Å². The Kier molecular flexibility index (Phi) is 7.75. The van der Waals surface area contributed by atoms with E-state index in [4.69, 9.17) is 35.0 Å². The molecule has 0 unspecified atom stereocenters. The van der Waals surface area contributed by atoms with Crippen molar-refractivity contribution in [1.82, 2.24) is 4.98 Å². The van der Waals surface area contributed by atoms with Gasteiger partial charge in [0.1, 0.15) is 28.8 Å². The minimum atomic E-state index is -1.26. The molecule has 2 aromatic heterocycles. The number of aromatic nitrogens is 1. The van der Waals surface area contributed by atoms with E-state index in [2.05, 4.69) is 18.8 Å². The number of carbonyl (C=O) groups is 1. The van der Waals surface area contributed by atoms with E-state index in [1.807, 2.05) is 37.3 Å². The summed E-state index contributed by atoms with van der Waals surface area (Å²) in [5, 5.41) is 12.9. The molecule has 2 saturated carbocycles. The molecule has 4 aromatic rings. The van der Waals surface area contributed by atoms with Crippen LogP contribution in [0.4, 0.5) is 0 Å². The van der Waals surface area contributed by atoms with Crippen LogP contribution < -0.4 is 10.4 Å². The number of rotatable bonds is 4. The van der Waals surface area contributed by atoms with Gasteiger partial charge in [0.2, 0.25) is 0 Å². The summed E-state index contributed by atoms with van der Waals surface area (Å²) in [6.45, 7) is 6.62. The minimum Gasteiger partial charge on any atom is -0.482 e. The number of aliphatic hydroxyl groups excluding tert-OH is 1. The molecule has 10 heteroatoms. The largest absolute Gasteiger partial charge is 0.482 e. The van der Waals surface area contributed by atoms with Gasteiger partial charge in [0, 0.05) is 45.9 Å². The van der Waals surface area contributed by atoms with E-state index in [0.29, 0.717) is 42.0 Å². The first-order valence-electron chi connectivity index (χ1n) is 16.8. The average molecular weight is 684 g/mol. The highest BCUT2D eigenvalue weighted by atomic mass is 35.5. The molecule has 2 aromatic carbocycles. The second-order valence-corrected chi connectivity index (χ2v) is 15.0. The van der Waals surface area contributed by atoms with Gasteiger partial charge in [-0.15, -0.1) is 0 Å². The molecule has 3 fully saturated rings. The van der Waals surface area contributed by atoms with E-state index in [9.17, 15) is 14.7 Å². The normalized spacial score (nSPS) is 34.7. The van der Waals surface area contributed by atoms with Gasteiger partial charge in [-0.2, -0.15) is 0 Å². The van der Waals surface area contributed by atoms with E-state index >= 15 is 0 Å². The van der Waals surface area contributed by atoms with Gasteiger partial charge in [-0.3, -0.25) is 4.98 Å². The summed E-state index contributed by atoms with van der Waals surface area (Å²) in [4.78, 5) is 31.6. The summed E-state index contributed by atoms with van der Waals surface area (Å²) in [5.41, 5.74) is -1.02. The van der Waals surface area contributed by atoms with E-state index in [1.54, 1.807) is 54.9 Å². The van der Waals surface area contributed by atoms with Crippen molar-refractivity contribution in [1.29, 1.82) is 0 Å². The molecule has 0 radical (unpaired) electrons. The Morgan fingerprint density at radius 2 is 1.80 bits per heavy atom. The summed E-state index contributed by atoms with van der Waals surface area (Å²) in [6, 6.07) is 21.6. The number of nitrogens with zero attached hydrogens (tertiary/aromatic N) is 1. The Labute approximate surface area is 289 Å². The van der Waals surface area contributed by atoms with Gasteiger partial charge in [-0.05, 0) is 73.9 Å². The molecule has 0 amide bonds. The fourth-order valence-electron chi connectivity index (χ4n) is 9.42. The summed E-state index contributed by atoms with van der Waals surface area (Å²) < 4.78 is 32.1. The molecule has 254 valence electrons. The van der Waals surface area contributed by atoms with Crippen molar-refractivity contribution in [3.8, 4) is 17.1 Å². The first-order valence-corrected chi connectivity index (χ1v) is 17.1. The maximum atomic E-state index is 13.8. The lowest BCUT2D eigenvalue weighted by molar-refractivity contribution is -0.330. The molecule has 1 saturated heterocycles.